The van der Waals surface area contributed by atoms with Gasteiger partial charge in [0.15, 0.2) is 0 Å². The van der Waals surface area contributed by atoms with E-state index in [-0.39, 0.29) is 5.41 Å². The Morgan fingerprint density at radius 3 is 2.67 bits per heavy atom. The highest BCUT2D eigenvalue weighted by Crippen LogP contribution is 2.38. The molecule has 0 radical (unpaired) electrons. The highest BCUT2D eigenvalue weighted by Gasteiger charge is 2.17. The average molecular weight is 484 g/mol. The van der Waals surface area contributed by atoms with Gasteiger partial charge in [-0.15, -0.1) is 11.3 Å². The zero-order valence-corrected chi connectivity index (χ0v) is 20.9. The van der Waals surface area contributed by atoms with Crippen LogP contribution in [0.3, 0.4) is 0 Å². The van der Waals surface area contributed by atoms with Crippen LogP contribution in [0.1, 0.15) is 39.3 Å². The van der Waals surface area contributed by atoms with Gasteiger partial charge in [-0.05, 0) is 78.8 Å². The molecule has 0 bridgehead atoms. The fourth-order valence-electron chi connectivity index (χ4n) is 3.87. The molecule has 1 aliphatic rings. The molecule has 1 saturated heterocycles. The third-order valence-corrected chi connectivity index (χ3v) is 7.06. The summed E-state index contributed by atoms with van der Waals surface area (Å²) in [6.45, 7) is 9.84. The monoisotopic (exact) mass is 483 g/mol. The van der Waals surface area contributed by atoms with Crippen LogP contribution in [0.5, 0.6) is 0 Å². The maximum Gasteiger partial charge on any atom is 0.411 e. The van der Waals surface area contributed by atoms with Crippen molar-refractivity contribution in [3.05, 3.63) is 58.7 Å². The maximum atomic E-state index is 12.1. The van der Waals surface area contributed by atoms with Crippen molar-refractivity contribution in [2.24, 2.45) is 0 Å². The van der Waals surface area contributed by atoms with Crippen LogP contribution in [0.2, 0.25) is 5.02 Å². The molecular formula is C26H30ClN3O2S. The summed E-state index contributed by atoms with van der Waals surface area (Å²) in [4.78, 5) is 20.0. The first-order valence-corrected chi connectivity index (χ1v) is 12.6. The number of nitrogens with zero attached hydrogens (tertiary/aromatic N) is 2. The molecule has 174 valence electrons. The Hall–Kier alpha value is -2.41. The Balaban J connectivity index is 1.40. The van der Waals surface area contributed by atoms with Crippen LogP contribution in [0.15, 0.2) is 48.0 Å². The lowest BCUT2D eigenvalue weighted by Gasteiger charge is -2.18. The van der Waals surface area contributed by atoms with Gasteiger partial charge in [-0.3, -0.25) is 15.2 Å². The minimum absolute atomic E-state index is 0.00364. The molecule has 0 saturated carbocycles. The van der Waals surface area contributed by atoms with Crippen molar-refractivity contribution in [3.63, 3.8) is 0 Å². The molecule has 0 unspecified atom stereocenters. The number of likely N-dealkylation sites (tertiary alicyclic amines) is 1. The van der Waals surface area contributed by atoms with E-state index < -0.39 is 6.09 Å². The Morgan fingerprint density at radius 1 is 1.15 bits per heavy atom. The van der Waals surface area contributed by atoms with E-state index in [1.807, 2.05) is 24.4 Å². The molecule has 4 rings (SSSR count). The number of pyridine rings is 1. The van der Waals surface area contributed by atoms with Crippen LogP contribution in [-0.4, -0.2) is 42.2 Å². The van der Waals surface area contributed by atoms with Crippen LogP contribution in [0.4, 0.5) is 10.5 Å². The standard InChI is InChI=1S/C26H30ClN3O2S/c1-26(2,3)24-15-18(8-9-28-24)19-14-23(33-17-19)21-7-6-20(16-22(21)27)29-25(31)32-13-12-30-10-4-5-11-30/h6-9,14-17H,4-5,10-13H2,1-3H3,(H,29,31). The van der Waals surface area contributed by atoms with Gasteiger partial charge < -0.3 is 4.74 Å². The van der Waals surface area contributed by atoms with Crippen LogP contribution in [0, 0.1) is 0 Å². The highest BCUT2D eigenvalue weighted by molar-refractivity contribution is 7.14. The van der Waals surface area contributed by atoms with Crippen LogP contribution in [-0.2, 0) is 10.2 Å². The molecule has 1 aromatic carbocycles. The lowest BCUT2D eigenvalue weighted by Crippen LogP contribution is -2.26. The molecule has 3 aromatic rings. The Morgan fingerprint density at radius 2 is 1.94 bits per heavy atom. The number of nitrogens with one attached hydrogen (secondary N) is 1. The second-order valence-corrected chi connectivity index (χ2v) is 10.7. The minimum atomic E-state index is -0.455. The van der Waals surface area contributed by atoms with Gasteiger partial charge in [-0.1, -0.05) is 32.4 Å². The van der Waals surface area contributed by atoms with E-state index in [0.29, 0.717) is 17.3 Å². The zero-order valence-electron chi connectivity index (χ0n) is 19.4. The van der Waals surface area contributed by atoms with Gasteiger partial charge in [0.1, 0.15) is 6.61 Å². The van der Waals surface area contributed by atoms with E-state index >= 15 is 0 Å². The number of hydrogen-bond acceptors (Lipinski definition) is 5. The second kappa shape index (κ2) is 10.2. The van der Waals surface area contributed by atoms with E-state index in [9.17, 15) is 4.79 Å². The Labute approximate surface area is 204 Å². The van der Waals surface area contributed by atoms with Crippen molar-refractivity contribution in [3.8, 4) is 21.6 Å². The largest absolute Gasteiger partial charge is 0.448 e. The fourth-order valence-corrected chi connectivity index (χ4v) is 5.17. The van der Waals surface area contributed by atoms with Gasteiger partial charge in [0.05, 0.1) is 5.02 Å². The van der Waals surface area contributed by atoms with E-state index in [1.54, 1.807) is 17.4 Å². The molecule has 1 aliphatic heterocycles. The third-order valence-electron chi connectivity index (χ3n) is 5.78. The first kappa shape index (κ1) is 23.7. The number of hydrogen-bond donors (Lipinski definition) is 1. The number of halogens is 1. The quantitative estimate of drug-likeness (QED) is 0.407. The van der Waals surface area contributed by atoms with Crippen molar-refractivity contribution >= 4 is 34.7 Å². The molecule has 7 heteroatoms. The molecule has 1 fully saturated rings. The van der Waals surface area contributed by atoms with Crippen molar-refractivity contribution in [1.82, 2.24) is 9.88 Å². The molecule has 0 atom stereocenters. The summed E-state index contributed by atoms with van der Waals surface area (Å²) < 4.78 is 5.31. The van der Waals surface area contributed by atoms with E-state index in [0.717, 1.165) is 46.9 Å². The van der Waals surface area contributed by atoms with Gasteiger partial charge in [0.25, 0.3) is 0 Å². The molecule has 0 spiro atoms. The topological polar surface area (TPSA) is 54.5 Å². The summed E-state index contributed by atoms with van der Waals surface area (Å²) in [5, 5.41) is 5.49. The van der Waals surface area contributed by atoms with Crippen molar-refractivity contribution in [1.29, 1.82) is 0 Å². The highest BCUT2D eigenvalue weighted by atomic mass is 35.5. The molecule has 1 N–H and O–H groups in total. The predicted molar refractivity (Wildman–Crippen MR) is 137 cm³/mol. The Kier molecular flexibility index (Phi) is 7.37. The molecule has 3 heterocycles. The first-order chi connectivity index (χ1) is 15.8. The summed E-state index contributed by atoms with van der Waals surface area (Å²) in [5.74, 6) is 0. The van der Waals surface area contributed by atoms with Gasteiger partial charge in [0.2, 0.25) is 0 Å². The average Bonchev–Trinajstić information content (AvgIpc) is 3.46. The van der Waals surface area contributed by atoms with Gasteiger partial charge in [-0.2, -0.15) is 0 Å². The number of amides is 1. The molecule has 2 aromatic heterocycles. The van der Waals surface area contributed by atoms with Crippen LogP contribution < -0.4 is 5.32 Å². The summed E-state index contributed by atoms with van der Waals surface area (Å²) in [6.07, 6.45) is 3.86. The number of anilines is 1. The molecular weight excluding hydrogens is 454 g/mol. The molecule has 5 nitrogen and oxygen atoms in total. The van der Waals surface area contributed by atoms with Gasteiger partial charge in [0, 0.05) is 40.0 Å². The maximum absolute atomic E-state index is 12.1. The second-order valence-electron chi connectivity index (χ2n) is 9.38. The summed E-state index contributed by atoms with van der Waals surface area (Å²) in [5.41, 5.74) is 4.90. The number of aromatic nitrogens is 1. The fraction of sp³-hybridized carbons (Fsp3) is 0.385. The smallest absolute Gasteiger partial charge is 0.411 e. The van der Waals surface area contributed by atoms with Crippen molar-refractivity contribution < 1.29 is 9.53 Å². The first-order valence-electron chi connectivity index (χ1n) is 11.3. The summed E-state index contributed by atoms with van der Waals surface area (Å²) in [7, 11) is 0. The number of carbonyl (C=O) groups is 1. The summed E-state index contributed by atoms with van der Waals surface area (Å²) >= 11 is 8.22. The van der Waals surface area contributed by atoms with E-state index in [1.165, 1.54) is 12.8 Å². The number of thiophene rings is 1. The molecule has 1 amide bonds. The lowest BCUT2D eigenvalue weighted by molar-refractivity contribution is 0.146. The van der Waals surface area contributed by atoms with Gasteiger partial charge in [-0.25, -0.2) is 4.79 Å². The molecule has 33 heavy (non-hydrogen) atoms. The lowest BCUT2D eigenvalue weighted by atomic mass is 9.90. The number of carbonyl (C=O) groups excluding carboxylic acids is 1. The van der Waals surface area contributed by atoms with Crippen molar-refractivity contribution in [2.45, 2.75) is 39.0 Å². The van der Waals surface area contributed by atoms with E-state index in [4.69, 9.17) is 16.3 Å². The van der Waals surface area contributed by atoms with Crippen molar-refractivity contribution in [2.75, 3.05) is 31.6 Å². The molecule has 0 aliphatic carbocycles. The predicted octanol–water partition coefficient (Wildman–Crippen LogP) is 7.07. The normalized spacial score (nSPS) is 14.4. The third kappa shape index (κ3) is 6.14. The number of ether oxygens (including phenoxy) is 1. The minimum Gasteiger partial charge on any atom is -0.448 e. The van der Waals surface area contributed by atoms with E-state index in [2.05, 4.69) is 53.5 Å². The summed E-state index contributed by atoms with van der Waals surface area (Å²) in [6, 6.07) is 11.9. The number of rotatable bonds is 6. The SMILES string of the molecule is CC(C)(C)c1cc(-c2csc(-c3ccc(NC(=O)OCCN4CCCC4)cc3Cl)c2)ccn1. The zero-order chi connectivity index (χ0) is 23.4. The van der Waals surface area contributed by atoms with Crippen LogP contribution >= 0.6 is 22.9 Å². The van der Waals surface area contributed by atoms with Gasteiger partial charge >= 0.3 is 6.09 Å². The number of benzene rings is 1. The van der Waals surface area contributed by atoms with Crippen LogP contribution in [0.25, 0.3) is 21.6 Å². The Bertz CT molecular complexity index is 1120.